The van der Waals surface area contributed by atoms with E-state index in [1.165, 1.54) is 19.3 Å². The Kier molecular flexibility index (Phi) is 3.75. The smallest absolute Gasteiger partial charge is 0.223 e. The highest BCUT2D eigenvalue weighted by atomic mass is 16.2. The summed E-state index contributed by atoms with van der Waals surface area (Å²) in [4.78, 5) is 13.2. The maximum absolute atomic E-state index is 11.5. The van der Waals surface area contributed by atoms with Gasteiger partial charge in [0.2, 0.25) is 5.91 Å². The third-order valence-corrected chi connectivity index (χ3v) is 2.68. The number of rotatable bonds is 4. The molecule has 0 aromatic carbocycles. The molecule has 3 nitrogen and oxygen atoms in total. The molecule has 72 valence electrons. The van der Waals surface area contributed by atoms with Crippen LogP contribution in [0.1, 0.15) is 32.6 Å². The van der Waals surface area contributed by atoms with Crippen LogP contribution in [0, 0.1) is 17.2 Å². The van der Waals surface area contributed by atoms with E-state index in [0.29, 0.717) is 18.9 Å². The SMILES string of the molecule is CCN(CC#N)C(=O)CC1CCC1. The van der Waals surface area contributed by atoms with Crippen molar-refractivity contribution in [2.24, 2.45) is 5.92 Å². The molecule has 1 aliphatic carbocycles. The van der Waals surface area contributed by atoms with E-state index in [-0.39, 0.29) is 12.5 Å². The molecule has 13 heavy (non-hydrogen) atoms. The Morgan fingerprint density at radius 3 is 2.69 bits per heavy atom. The molecule has 0 spiro atoms. The first kappa shape index (κ1) is 10.0. The Hall–Kier alpha value is -1.04. The van der Waals surface area contributed by atoms with Crippen LogP contribution >= 0.6 is 0 Å². The van der Waals surface area contributed by atoms with E-state index < -0.39 is 0 Å². The summed E-state index contributed by atoms with van der Waals surface area (Å²) in [6.45, 7) is 2.80. The van der Waals surface area contributed by atoms with Crippen molar-refractivity contribution >= 4 is 5.91 Å². The predicted molar refractivity (Wildman–Crippen MR) is 49.8 cm³/mol. The van der Waals surface area contributed by atoms with E-state index in [9.17, 15) is 4.79 Å². The molecular weight excluding hydrogens is 164 g/mol. The first-order valence-electron chi connectivity index (χ1n) is 4.92. The molecule has 1 fully saturated rings. The van der Waals surface area contributed by atoms with Gasteiger partial charge in [0.1, 0.15) is 6.54 Å². The van der Waals surface area contributed by atoms with Gasteiger partial charge in [-0.05, 0) is 25.7 Å². The first-order chi connectivity index (χ1) is 6.27. The summed E-state index contributed by atoms with van der Waals surface area (Å²) < 4.78 is 0. The van der Waals surface area contributed by atoms with Crippen molar-refractivity contribution in [3.8, 4) is 6.07 Å². The lowest BCUT2D eigenvalue weighted by Crippen LogP contribution is -2.33. The zero-order valence-electron chi connectivity index (χ0n) is 8.12. The second-order valence-corrected chi connectivity index (χ2v) is 3.57. The number of hydrogen-bond acceptors (Lipinski definition) is 2. The van der Waals surface area contributed by atoms with Crippen LogP contribution in [0.2, 0.25) is 0 Å². The van der Waals surface area contributed by atoms with Crippen LogP contribution in [-0.2, 0) is 4.79 Å². The summed E-state index contributed by atoms with van der Waals surface area (Å²) in [6.07, 6.45) is 4.30. The van der Waals surface area contributed by atoms with E-state index in [2.05, 4.69) is 0 Å². The Balaban J connectivity index is 2.30. The highest BCUT2D eigenvalue weighted by molar-refractivity contribution is 5.76. The Bertz CT molecular complexity index is 215. The van der Waals surface area contributed by atoms with Gasteiger partial charge >= 0.3 is 0 Å². The lowest BCUT2D eigenvalue weighted by atomic mass is 9.83. The summed E-state index contributed by atoms with van der Waals surface area (Å²) in [5, 5.41) is 8.48. The zero-order chi connectivity index (χ0) is 9.68. The fraction of sp³-hybridized carbons (Fsp3) is 0.800. The molecule has 0 N–H and O–H groups in total. The largest absolute Gasteiger partial charge is 0.330 e. The van der Waals surface area contributed by atoms with Gasteiger partial charge in [-0.1, -0.05) is 6.42 Å². The van der Waals surface area contributed by atoms with Gasteiger partial charge in [-0.3, -0.25) is 4.79 Å². The number of nitrogens with zero attached hydrogens (tertiary/aromatic N) is 2. The Labute approximate surface area is 79.3 Å². The van der Waals surface area contributed by atoms with Gasteiger partial charge in [0.05, 0.1) is 6.07 Å². The summed E-state index contributed by atoms with van der Waals surface area (Å²) in [6, 6.07) is 2.01. The second-order valence-electron chi connectivity index (χ2n) is 3.57. The molecule has 0 heterocycles. The van der Waals surface area contributed by atoms with Crippen LogP contribution in [-0.4, -0.2) is 23.9 Å². The maximum atomic E-state index is 11.5. The van der Waals surface area contributed by atoms with Crippen molar-refractivity contribution in [3.63, 3.8) is 0 Å². The summed E-state index contributed by atoms with van der Waals surface area (Å²) in [7, 11) is 0. The lowest BCUT2D eigenvalue weighted by molar-refractivity contribution is -0.132. The van der Waals surface area contributed by atoms with Crippen molar-refractivity contribution in [2.45, 2.75) is 32.6 Å². The van der Waals surface area contributed by atoms with Crippen LogP contribution in [0.25, 0.3) is 0 Å². The van der Waals surface area contributed by atoms with Gasteiger partial charge in [-0.25, -0.2) is 0 Å². The molecule has 0 bridgehead atoms. The predicted octanol–water partition coefficient (Wildman–Crippen LogP) is 1.55. The molecule has 1 rings (SSSR count). The van der Waals surface area contributed by atoms with Gasteiger partial charge in [0.25, 0.3) is 0 Å². The highest BCUT2D eigenvalue weighted by Gasteiger charge is 2.22. The fourth-order valence-corrected chi connectivity index (χ4v) is 1.53. The normalized spacial score (nSPS) is 16.0. The summed E-state index contributed by atoms with van der Waals surface area (Å²) >= 11 is 0. The van der Waals surface area contributed by atoms with E-state index >= 15 is 0 Å². The molecule has 1 aliphatic rings. The molecular formula is C10H16N2O. The number of nitriles is 1. The van der Waals surface area contributed by atoms with Gasteiger partial charge < -0.3 is 4.90 Å². The minimum absolute atomic E-state index is 0.147. The van der Waals surface area contributed by atoms with Gasteiger partial charge in [-0.2, -0.15) is 5.26 Å². The van der Waals surface area contributed by atoms with Crippen LogP contribution in [0.4, 0.5) is 0 Å². The standard InChI is InChI=1S/C10H16N2O/c1-2-12(7-6-11)10(13)8-9-4-3-5-9/h9H,2-5,7-8H2,1H3. The number of carbonyl (C=O) groups is 1. The Morgan fingerprint density at radius 2 is 2.31 bits per heavy atom. The van der Waals surface area contributed by atoms with Gasteiger partial charge in [-0.15, -0.1) is 0 Å². The molecule has 0 saturated heterocycles. The first-order valence-corrected chi connectivity index (χ1v) is 4.92. The molecule has 0 aromatic rings. The van der Waals surface area contributed by atoms with Crippen LogP contribution < -0.4 is 0 Å². The molecule has 0 unspecified atom stereocenters. The molecule has 0 radical (unpaired) electrons. The number of carbonyl (C=O) groups excluding carboxylic acids is 1. The third-order valence-electron chi connectivity index (χ3n) is 2.68. The highest BCUT2D eigenvalue weighted by Crippen LogP contribution is 2.29. The average Bonchev–Trinajstić information content (AvgIpc) is 2.07. The fourth-order valence-electron chi connectivity index (χ4n) is 1.53. The molecule has 0 aromatic heterocycles. The van der Waals surface area contributed by atoms with Crippen molar-refractivity contribution in [2.75, 3.05) is 13.1 Å². The Morgan fingerprint density at radius 1 is 1.62 bits per heavy atom. The van der Waals surface area contributed by atoms with Crippen molar-refractivity contribution in [1.29, 1.82) is 5.26 Å². The summed E-state index contributed by atoms with van der Waals surface area (Å²) in [5.41, 5.74) is 0. The van der Waals surface area contributed by atoms with E-state index in [0.717, 1.165) is 0 Å². The number of hydrogen-bond donors (Lipinski definition) is 0. The van der Waals surface area contributed by atoms with Crippen molar-refractivity contribution in [3.05, 3.63) is 0 Å². The monoisotopic (exact) mass is 180 g/mol. The average molecular weight is 180 g/mol. The number of amides is 1. The van der Waals surface area contributed by atoms with Crippen molar-refractivity contribution in [1.82, 2.24) is 4.90 Å². The zero-order valence-corrected chi connectivity index (χ0v) is 8.12. The van der Waals surface area contributed by atoms with Crippen molar-refractivity contribution < 1.29 is 4.79 Å². The van der Waals surface area contributed by atoms with E-state index in [1.807, 2.05) is 13.0 Å². The van der Waals surface area contributed by atoms with E-state index in [4.69, 9.17) is 5.26 Å². The van der Waals surface area contributed by atoms with Gasteiger partial charge in [0, 0.05) is 13.0 Å². The molecule has 1 saturated carbocycles. The quantitative estimate of drug-likeness (QED) is 0.616. The molecule has 0 aliphatic heterocycles. The summed E-state index contributed by atoms with van der Waals surface area (Å²) in [5.74, 6) is 0.744. The molecule has 0 atom stereocenters. The minimum atomic E-state index is 0.147. The van der Waals surface area contributed by atoms with E-state index in [1.54, 1.807) is 4.90 Å². The third kappa shape index (κ3) is 2.73. The second kappa shape index (κ2) is 4.86. The molecule has 1 amide bonds. The van der Waals surface area contributed by atoms with Crippen LogP contribution in [0.5, 0.6) is 0 Å². The van der Waals surface area contributed by atoms with Crippen LogP contribution in [0.3, 0.4) is 0 Å². The maximum Gasteiger partial charge on any atom is 0.223 e. The van der Waals surface area contributed by atoms with Gasteiger partial charge in [0.15, 0.2) is 0 Å². The molecule has 3 heteroatoms. The topological polar surface area (TPSA) is 44.1 Å². The lowest BCUT2D eigenvalue weighted by Gasteiger charge is -2.27. The minimum Gasteiger partial charge on any atom is -0.330 e. The van der Waals surface area contributed by atoms with Crippen LogP contribution in [0.15, 0.2) is 0 Å².